The molecule has 0 spiro atoms. The second-order valence-corrected chi connectivity index (χ2v) is 4.89. The van der Waals surface area contributed by atoms with Crippen LogP contribution in [0.15, 0.2) is 48.5 Å². The van der Waals surface area contributed by atoms with Gasteiger partial charge >= 0.3 is 0 Å². The van der Waals surface area contributed by atoms with Crippen molar-refractivity contribution >= 4 is 10.9 Å². The first-order valence-corrected chi connectivity index (χ1v) is 6.99. The Morgan fingerprint density at radius 2 is 1.64 bits per heavy atom. The van der Waals surface area contributed by atoms with E-state index in [0.717, 1.165) is 27.7 Å². The van der Waals surface area contributed by atoms with E-state index in [0.29, 0.717) is 11.5 Å². The van der Waals surface area contributed by atoms with Gasteiger partial charge in [0.1, 0.15) is 17.0 Å². The third-order valence-electron chi connectivity index (χ3n) is 3.64. The highest BCUT2D eigenvalue weighted by atomic mass is 16.5. The number of rotatable bonds is 4. The van der Waals surface area contributed by atoms with Crippen molar-refractivity contribution in [2.24, 2.45) is 0 Å². The Hall–Kier alpha value is -2.59. The summed E-state index contributed by atoms with van der Waals surface area (Å²) < 4.78 is 10.8. The van der Waals surface area contributed by atoms with Gasteiger partial charge in [-0.05, 0) is 18.2 Å². The van der Waals surface area contributed by atoms with E-state index in [4.69, 9.17) is 14.5 Å². The predicted molar refractivity (Wildman–Crippen MR) is 86.2 cm³/mol. The van der Waals surface area contributed by atoms with E-state index in [-0.39, 0.29) is 6.61 Å². The molecule has 1 heterocycles. The van der Waals surface area contributed by atoms with Crippen LogP contribution in [0.4, 0.5) is 0 Å². The van der Waals surface area contributed by atoms with Crippen molar-refractivity contribution in [2.75, 3.05) is 14.2 Å². The zero-order valence-corrected chi connectivity index (χ0v) is 12.5. The molecular weight excluding hydrogens is 278 g/mol. The van der Waals surface area contributed by atoms with E-state index in [9.17, 15) is 5.11 Å². The van der Waals surface area contributed by atoms with Gasteiger partial charge in [-0.15, -0.1) is 0 Å². The Balaban J connectivity index is 2.34. The molecule has 0 aliphatic heterocycles. The Labute approximate surface area is 129 Å². The van der Waals surface area contributed by atoms with Crippen LogP contribution >= 0.6 is 0 Å². The summed E-state index contributed by atoms with van der Waals surface area (Å²) in [6, 6.07) is 15.4. The number of hydrogen-bond donors (Lipinski definition) is 1. The molecule has 2 aromatic carbocycles. The SMILES string of the molecule is COc1ccc(OC)c2nc(-c3ccccc3)c(CO)cc12. The summed E-state index contributed by atoms with van der Waals surface area (Å²) in [5, 5.41) is 10.5. The fourth-order valence-electron chi connectivity index (χ4n) is 2.56. The molecule has 22 heavy (non-hydrogen) atoms. The third-order valence-corrected chi connectivity index (χ3v) is 3.64. The summed E-state index contributed by atoms with van der Waals surface area (Å²) >= 11 is 0. The summed E-state index contributed by atoms with van der Waals surface area (Å²) in [6.45, 7) is -0.0898. The maximum atomic E-state index is 9.72. The zero-order chi connectivity index (χ0) is 15.5. The van der Waals surface area contributed by atoms with Crippen LogP contribution in [0.2, 0.25) is 0 Å². The summed E-state index contributed by atoms with van der Waals surface area (Å²) in [5.41, 5.74) is 3.18. The summed E-state index contributed by atoms with van der Waals surface area (Å²) in [6.07, 6.45) is 0. The quantitative estimate of drug-likeness (QED) is 0.801. The van der Waals surface area contributed by atoms with E-state index in [1.807, 2.05) is 48.5 Å². The van der Waals surface area contributed by atoms with Gasteiger partial charge in [0, 0.05) is 16.5 Å². The van der Waals surface area contributed by atoms with E-state index in [2.05, 4.69) is 0 Å². The highest BCUT2D eigenvalue weighted by Crippen LogP contribution is 2.35. The number of aromatic nitrogens is 1. The highest BCUT2D eigenvalue weighted by Gasteiger charge is 2.14. The predicted octanol–water partition coefficient (Wildman–Crippen LogP) is 3.41. The summed E-state index contributed by atoms with van der Waals surface area (Å²) in [7, 11) is 3.23. The van der Waals surface area contributed by atoms with E-state index in [1.54, 1.807) is 14.2 Å². The second-order valence-electron chi connectivity index (χ2n) is 4.89. The first-order chi connectivity index (χ1) is 10.8. The van der Waals surface area contributed by atoms with Crippen LogP contribution in [0.1, 0.15) is 5.56 Å². The second kappa shape index (κ2) is 6.03. The lowest BCUT2D eigenvalue weighted by Gasteiger charge is -2.13. The van der Waals surface area contributed by atoms with Gasteiger partial charge in [0.15, 0.2) is 0 Å². The molecule has 0 radical (unpaired) electrons. The van der Waals surface area contributed by atoms with Crippen LogP contribution in [0.25, 0.3) is 22.2 Å². The van der Waals surface area contributed by atoms with Gasteiger partial charge in [0.25, 0.3) is 0 Å². The molecule has 0 fully saturated rings. The van der Waals surface area contributed by atoms with Gasteiger partial charge in [0.05, 0.1) is 26.5 Å². The van der Waals surface area contributed by atoms with Crippen LogP contribution in [0.3, 0.4) is 0 Å². The minimum Gasteiger partial charge on any atom is -0.496 e. The molecule has 0 amide bonds. The van der Waals surface area contributed by atoms with Crippen molar-refractivity contribution < 1.29 is 14.6 Å². The molecule has 0 atom stereocenters. The van der Waals surface area contributed by atoms with Gasteiger partial charge in [-0.1, -0.05) is 30.3 Å². The number of methoxy groups -OCH3 is 2. The van der Waals surface area contributed by atoms with Gasteiger partial charge in [-0.3, -0.25) is 0 Å². The zero-order valence-electron chi connectivity index (χ0n) is 12.5. The fourth-order valence-corrected chi connectivity index (χ4v) is 2.56. The van der Waals surface area contributed by atoms with Gasteiger partial charge in [-0.2, -0.15) is 0 Å². The Morgan fingerprint density at radius 1 is 0.955 bits per heavy atom. The topological polar surface area (TPSA) is 51.6 Å². The molecule has 3 rings (SSSR count). The van der Waals surface area contributed by atoms with Crippen molar-refractivity contribution in [3.05, 3.63) is 54.1 Å². The van der Waals surface area contributed by atoms with Crippen LogP contribution in [0.5, 0.6) is 11.5 Å². The minimum atomic E-state index is -0.0898. The molecule has 112 valence electrons. The normalized spacial score (nSPS) is 10.7. The van der Waals surface area contributed by atoms with E-state index < -0.39 is 0 Å². The molecule has 0 aliphatic rings. The molecular formula is C18H17NO3. The monoisotopic (exact) mass is 295 g/mol. The molecule has 1 aromatic heterocycles. The van der Waals surface area contributed by atoms with Gasteiger partial charge in [0.2, 0.25) is 0 Å². The van der Waals surface area contributed by atoms with Gasteiger partial charge in [-0.25, -0.2) is 4.98 Å². The minimum absolute atomic E-state index is 0.0898. The molecule has 0 unspecified atom stereocenters. The smallest absolute Gasteiger partial charge is 0.145 e. The maximum Gasteiger partial charge on any atom is 0.145 e. The maximum absolute atomic E-state index is 9.72. The average molecular weight is 295 g/mol. The Kier molecular flexibility index (Phi) is 3.94. The van der Waals surface area contributed by atoms with Gasteiger partial charge < -0.3 is 14.6 Å². The van der Waals surface area contributed by atoms with Crippen LogP contribution in [-0.4, -0.2) is 24.3 Å². The van der Waals surface area contributed by atoms with Crippen molar-refractivity contribution in [1.29, 1.82) is 0 Å². The number of pyridine rings is 1. The van der Waals surface area contributed by atoms with E-state index in [1.165, 1.54) is 0 Å². The Morgan fingerprint density at radius 3 is 2.27 bits per heavy atom. The molecule has 4 nitrogen and oxygen atoms in total. The first-order valence-electron chi connectivity index (χ1n) is 6.99. The number of benzene rings is 2. The van der Waals surface area contributed by atoms with Crippen molar-refractivity contribution in [1.82, 2.24) is 4.98 Å². The first kappa shape index (κ1) is 14.4. The number of nitrogens with zero attached hydrogens (tertiary/aromatic N) is 1. The summed E-state index contributed by atoms with van der Waals surface area (Å²) in [4.78, 5) is 4.73. The lowest BCUT2D eigenvalue weighted by atomic mass is 10.0. The number of hydrogen-bond acceptors (Lipinski definition) is 4. The molecule has 1 N–H and O–H groups in total. The summed E-state index contributed by atoms with van der Waals surface area (Å²) in [5.74, 6) is 1.38. The lowest BCUT2D eigenvalue weighted by molar-refractivity contribution is 0.282. The largest absolute Gasteiger partial charge is 0.496 e. The van der Waals surface area contributed by atoms with E-state index >= 15 is 0 Å². The number of ether oxygens (including phenoxy) is 2. The molecule has 4 heteroatoms. The van der Waals surface area contributed by atoms with Crippen LogP contribution in [0, 0.1) is 0 Å². The molecule has 0 aliphatic carbocycles. The van der Waals surface area contributed by atoms with Crippen molar-refractivity contribution in [3.8, 4) is 22.8 Å². The van der Waals surface area contributed by atoms with Crippen LogP contribution < -0.4 is 9.47 Å². The lowest BCUT2D eigenvalue weighted by Crippen LogP contribution is -1.98. The third kappa shape index (κ3) is 2.38. The van der Waals surface area contributed by atoms with Crippen molar-refractivity contribution in [3.63, 3.8) is 0 Å². The number of aliphatic hydroxyl groups excluding tert-OH is 1. The number of aliphatic hydroxyl groups is 1. The average Bonchev–Trinajstić information content (AvgIpc) is 2.60. The molecule has 0 saturated carbocycles. The molecule has 0 bridgehead atoms. The highest BCUT2D eigenvalue weighted by molar-refractivity contribution is 5.92. The fraction of sp³-hybridized carbons (Fsp3) is 0.167. The standard InChI is InChI=1S/C18H17NO3/c1-21-15-8-9-16(22-2)18-14(15)10-13(11-20)17(19-18)12-6-4-3-5-7-12/h3-10,20H,11H2,1-2H3. The van der Waals surface area contributed by atoms with Crippen LogP contribution in [-0.2, 0) is 6.61 Å². The van der Waals surface area contributed by atoms with Crippen molar-refractivity contribution in [2.45, 2.75) is 6.61 Å². The molecule has 0 saturated heterocycles. The Bertz CT molecular complexity index is 800. The number of fused-ring (bicyclic) bond motifs is 1. The molecule has 3 aromatic rings.